The number of nitrogens with zero attached hydrogens (tertiary/aromatic N) is 5. The monoisotopic (exact) mass is 494 g/mol. The molecule has 0 saturated carbocycles. The summed E-state index contributed by atoms with van der Waals surface area (Å²) in [7, 11) is 0. The molecule has 1 aliphatic rings. The third-order valence-corrected chi connectivity index (χ3v) is 6.60. The Bertz CT molecular complexity index is 1390. The van der Waals surface area contributed by atoms with Crippen LogP contribution in [-0.2, 0) is 11.3 Å². The number of piperazine rings is 1. The van der Waals surface area contributed by atoms with E-state index in [2.05, 4.69) is 20.3 Å². The highest BCUT2D eigenvalue weighted by Crippen LogP contribution is 2.24. The number of rotatable bonds is 6. The lowest BCUT2D eigenvalue weighted by Crippen LogP contribution is -2.50. The van der Waals surface area contributed by atoms with Gasteiger partial charge in [0.25, 0.3) is 5.91 Å². The minimum Gasteiger partial charge on any atom is -0.367 e. The van der Waals surface area contributed by atoms with Gasteiger partial charge in [0.1, 0.15) is 6.54 Å². The molecule has 1 saturated heterocycles. The molecule has 5 rings (SSSR count). The summed E-state index contributed by atoms with van der Waals surface area (Å²) >= 11 is 0. The lowest BCUT2D eigenvalue weighted by Gasteiger charge is -2.37. The highest BCUT2D eigenvalue weighted by atomic mass is 16.2. The molecule has 0 spiro atoms. The van der Waals surface area contributed by atoms with Gasteiger partial charge in [-0.05, 0) is 44.2 Å². The second kappa shape index (κ2) is 10.7. The van der Waals surface area contributed by atoms with E-state index < -0.39 is 0 Å². The Hall–Kier alpha value is -4.46. The second-order valence-electron chi connectivity index (χ2n) is 9.22. The molecule has 3 heterocycles. The van der Waals surface area contributed by atoms with E-state index in [1.165, 1.54) is 0 Å². The fourth-order valence-electron chi connectivity index (χ4n) is 4.65. The third kappa shape index (κ3) is 5.53. The fraction of sp³-hybridized carbons (Fsp3) is 0.241. The molecule has 0 radical (unpaired) electrons. The molecule has 0 unspecified atom stereocenters. The van der Waals surface area contributed by atoms with Crippen molar-refractivity contribution in [3.63, 3.8) is 0 Å². The van der Waals surface area contributed by atoms with Crippen molar-refractivity contribution < 1.29 is 9.59 Å². The number of nitrogens with one attached hydrogen (secondary N) is 1. The molecule has 2 amide bonds. The summed E-state index contributed by atoms with van der Waals surface area (Å²) in [6, 6.07) is 23.2. The molecule has 37 heavy (non-hydrogen) atoms. The molecule has 0 bridgehead atoms. The van der Waals surface area contributed by atoms with Gasteiger partial charge in [-0.15, -0.1) is 0 Å². The van der Waals surface area contributed by atoms with Crippen LogP contribution in [0.15, 0.2) is 79.0 Å². The first-order valence-electron chi connectivity index (χ1n) is 12.4. The normalized spacial score (nSPS) is 13.5. The van der Waals surface area contributed by atoms with E-state index >= 15 is 0 Å². The van der Waals surface area contributed by atoms with E-state index in [0.717, 1.165) is 28.3 Å². The number of aryl methyl sites for hydroxylation is 2. The molecule has 0 aliphatic carbocycles. The van der Waals surface area contributed by atoms with Gasteiger partial charge in [-0.3, -0.25) is 19.3 Å². The smallest absolute Gasteiger partial charge is 0.257 e. The number of pyridine rings is 1. The van der Waals surface area contributed by atoms with Crippen molar-refractivity contribution >= 4 is 23.2 Å². The zero-order chi connectivity index (χ0) is 25.8. The minimum atomic E-state index is -0.187. The Kier molecular flexibility index (Phi) is 6.98. The second-order valence-corrected chi connectivity index (χ2v) is 9.22. The molecular formula is C29H30N6O2. The van der Waals surface area contributed by atoms with Gasteiger partial charge in [-0.1, -0.05) is 42.5 Å². The van der Waals surface area contributed by atoms with Gasteiger partial charge in [0.15, 0.2) is 0 Å². The van der Waals surface area contributed by atoms with Crippen molar-refractivity contribution in [2.24, 2.45) is 0 Å². The highest BCUT2D eigenvalue weighted by Gasteiger charge is 2.24. The predicted molar refractivity (Wildman–Crippen MR) is 145 cm³/mol. The average molecular weight is 495 g/mol. The summed E-state index contributed by atoms with van der Waals surface area (Å²) in [6.07, 6.45) is 1.68. The summed E-state index contributed by atoms with van der Waals surface area (Å²) in [6.45, 7) is 6.63. The zero-order valence-electron chi connectivity index (χ0n) is 21.1. The Morgan fingerprint density at radius 2 is 1.62 bits per heavy atom. The van der Waals surface area contributed by atoms with Crippen LogP contribution in [0.2, 0.25) is 0 Å². The van der Waals surface area contributed by atoms with Crippen LogP contribution in [-0.4, -0.2) is 57.7 Å². The van der Waals surface area contributed by atoms with Crippen molar-refractivity contribution in [3.8, 4) is 11.3 Å². The van der Waals surface area contributed by atoms with Crippen LogP contribution in [0.4, 0.5) is 11.4 Å². The van der Waals surface area contributed by atoms with Gasteiger partial charge >= 0.3 is 0 Å². The minimum absolute atomic E-state index is 0.0586. The molecule has 4 aromatic rings. The number of carbonyl (C=O) groups excluding carboxylic acids is 2. The Morgan fingerprint density at radius 3 is 2.30 bits per heavy atom. The molecule has 8 heteroatoms. The van der Waals surface area contributed by atoms with Crippen LogP contribution >= 0.6 is 0 Å². The van der Waals surface area contributed by atoms with Gasteiger partial charge in [0.05, 0.1) is 28.8 Å². The van der Waals surface area contributed by atoms with Crippen molar-refractivity contribution in [3.05, 3.63) is 95.9 Å². The fourth-order valence-corrected chi connectivity index (χ4v) is 4.65. The molecule has 2 aromatic heterocycles. The molecule has 1 N–H and O–H groups in total. The number of carbonyl (C=O) groups is 2. The summed E-state index contributed by atoms with van der Waals surface area (Å²) < 4.78 is 1.75. The molecule has 8 nitrogen and oxygen atoms in total. The van der Waals surface area contributed by atoms with Crippen LogP contribution < -0.4 is 10.2 Å². The van der Waals surface area contributed by atoms with Crippen molar-refractivity contribution in [2.75, 3.05) is 36.4 Å². The largest absolute Gasteiger partial charge is 0.367 e. The van der Waals surface area contributed by atoms with Crippen molar-refractivity contribution in [2.45, 2.75) is 20.4 Å². The van der Waals surface area contributed by atoms with E-state index in [9.17, 15) is 9.59 Å². The summed E-state index contributed by atoms with van der Waals surface area (Å²) in [5.41, 5.74) is 5.86. The maximum atomic E-state index is 13.2. The van der Waals surface area contributed by atoms with Crippen molar-refractivity contribution in [1.82, 2.24) is 19.7 Å². The molecule has 188 valence electrons. The van der Waals surface area contributed by atoms with E-state index in [0.29, 0.717) is 37.4 Å². The highest BCUT2D eigenvalue weighted by molar-refractivity contribution is 6.08. The van der Waals surface area contributed by atoms with Gasteiger partial charge in [-0.25, -0.2) is 0 Å². The lowest BCUT2D eigenvalue weighted by molar-refractivity contribution is -0.132. The number of aromatic nitrogens is 3. The summed E-state index contributed by atoms with van der Waals surface area (Å²) in [5.74, 6) is -0.128. The first-order valence-corrected chi connectivity index (χ1v) is 12.4. The molecule has 0 atom stereocenters. The summed E-state index contributed by atoms with van der Waals surface area (Å²) in [4.78, 5) is 34.6. The number of anilines is 2. The summed E-state index contributed by atoms with van der Waals surface area (Å²) in [5, 5.41) is 7.38. The number of para-hydroxylation sites is 1. The van der Waals surface area contributed by atoms with E-state index in [-0.39, 0.29) is 18.4 Å². The van der Waals surface area contributed by atoms with Gasteiger partial charge in [0, 0.05) is 43.1 Å². The number of benzene rings is 2. The average Bonchev–Trinajstić information content (AvgIpc) is 3.25. The first kappa shape index (κ1) is 24.2. The van der Waals surface area contributed by atoms with Crippen LogP contribution in [0.5, 0.6) is 0 Å². The van der Waals surface area contributed by atoms with Gasteiger partial charge < -0.3 is 15.1 Å². The molecule has 2 aromatic carbocycles. The maximum absolute atomic E-state index is 13.2. The third-order valence-electron chi connectivity index (χ3n) is 6.60. The Labute approximate surface area is 216 Å². The Balaban J connectivity index is 1.22. The Morgan fingerprint density at radius 1 is 0.892 bits per heavy atom. The topological polar surface area (TPSA) is 83.4 Å². The number of amides is 2. The molecule has 1 fully saturated rings. The van der Waals surface area contributed by atoms with Crippen LogP contribution in [0.1, 0.15) is 21.7 Å². The zero-order valence-corrected chi connectivity index (χ0v) is 21.1. The van der Waals surface area contributed by atoms with Crippen LogP contribution in [0, 0.1) is 13.8 Å². The van der Waals surface area contributed by atoms with Gasteiger partial charge in [-0.2, -0.15) is 5.10 Å². The van der Waals surface area contributed by atoms with Gasteiger partial charge in [0.2, 0.25) is 5.91 Å². The van der Waals surface area contributed by atoms with E-state index in [1.54, 1.807) is 10.9 Å². The number of hydrogen-bond donors (Lipinski definition) is 1. The predicted octanol–water partition coefficient (Wildman–Crippen LogP) is 4.16. The van der Waals surface area contributed by atoms with Crippen LogP contribution in [0.25, 0.3) is 11.3 Å². The van der Waals surface area contributed by atoms with E-state index in [1.807, 2.05) is 91.5 Å². The quantitative estimate of drug-likeness (QED) is 0.435. The molecule has 1 aliphatic heterocycles. The first-order chi connectivity index (χ1) is 18.0. The maximum Gasteiger partial charge on any atom is 0.257 e. The lowest BCUT2D eigenvalue weighted by atomic mass is 10.1. The SMILES string of the molecule is Cc1cc(C)n(CC(=O)N2CCN(c3ccccc3C(=O)Nc3ccc(-c4ccccc4)nc3)CC2)n1. The van der Waals surface area contributed by atoms with E-state index in [4.69, 9.17) is 0 Å². The van der Waals surface area contributed by atoms with Crippen LogP contribution in [0.3, 0.4) is 0 Å². The number of hydrogen-bond acceptors (Lipinski definition) is 5. The molecular weight excluding hydrogens is 464 g/mol. The van der Waals surface area contributed by atoms with Crippen molar-refractivity contribution in [1.29, 1.82) is 0 Å². The standard InChI is InChI=1S/C29H30N6O2/c1-21-18-22(2)35(32-21)20-28(36)34-16-14-33(15-17-34)27-11-7-6-10-25(27)29(37)31-24-12-13-26(30-19-24)23-8-4-3-5-9-23/h3-13,18-19H,14-17,20H2,1-2H3,(H,31,37).